The van der Waals surface area contributed by atoms with Crippen LogP contribution in [0.25, 0.3) is 6.08 Å². The van der Waals surface area contributed by atoms with Crippen LogP contribution in [0.5, 0.6) is 0 Å². The van der Waals surface area contributed by atoms with Gasteiger partial charge in [0.2, 0.25) is 0 Å². The molecule has 2 aromatic rings. The van der Waals surface area contributed by atoms with Gasteiger partial charge in [0.05, 0.1) is 18.1 Å². The molecule has 0 aromatic carbocycles. The molecule has 0 radical (unpaired) electrons. The monoisotopic (exact) mass is 301 g/mol. The van der Waals surface area contributed by atoms with Crippen LogP contribution in [-0.2, 0) is 0 Å². The molecule has 0 spiro atoms. The van der Waals surface area contributed by atoms with Crippen molar-refractivity contribution in [1.82, 2.24) is 9.88 Å². The molecule has 4 nitrogen and oxygen atoms in total. The van der Waals surface area contributed by atoms with Crippen molar-refractivity contribution >= 4 is 11.8 Å². The molecule has 0 amide bonds. The molecule has 1 fully saturated rings. The lowest BCUT2D eigenvalue weighted by molar-refractivity contribution is 0.278. The van der Waals surface area contributed by atoms with Crippen LogP contribution in [0, 0.1) is 5.82 Å². The first-order valence-electron chi connectivity index (χ1n) is 7.50. The molecule has 116 valence electrons. The van der Waals surface area contributed by atoms with Gasteiger partial charge in [-0.25, -0.2) is 4.39 Å². The zero-order valence-electron chi connectivity index (χ0n) is 12.7. The van der Waals surface area contributed by atoms with E-state index in [1.165, 1.54) is 11.8 Å². The average Bonchev–Trinajstić information content (AvgIpc) is 3.01. The maximum Gasteiger partial charge on any atom is 0.164 e. The van der Waals surface area contributed by atoms with Crippen LogP contribution in [0.4, 0.5) is 10.1 Å². The number of halogens is 1. The molecule has 2 aromatic heterocycles. The first-order valence-corrected chi connectivity index (χ1v) is 7.50. The van der Waals surface area contributed by atoms with E-state index in [0.29, 0.717) is 5.69 Å². The van der Waals surface area contributed by atoms with E-state index in [9.17, 15) is 4.39 Å². The first kappa shape index (κ1) is 14.8. The van der Waals surface area contributed by atoms with Crippen LogP contribution < -0.4 is 4.90 Å². The molecule has 22 heavy (non-hydrogen) atoms. The molecule has 5 heteroatoms. The summed E-state index contributed by atoms with van der Waals surface area (Å²) < 4.78 is 19.1. The predicted octanol–water partition coefficient (Wildman–Crippen LogP) is 3.04. The summed E-state index contributed by atoms with van der Waals surface area (Å²) in [5.41, 5.74) is 1.91. The maximum atomic E-state index is 13.8. The van der Waals surface area contributed by atoms with E-state index < -0.39 is 0 Å². The molecule has 1 saturated heterocycles. The minimum atomic E-state index is -0.246. The van der Waals surface area contributed by atoms with Gasteiger partial charge in [-0.15, -0.1) is 0 Å². The molecule has 0 unspecified atom stereocenters. The van der Waals surface area contributed by atoms with E-state index in [1.807, 2.05) is 12.1 Å². The predicted molar refractivity (Wildman–Crippen MR) is 85.2 cm³/mol. The van der Waals surface area contributed by atoms with Crippen molar-refractivity contribution in [1.29, 1.82) is 0 Å². The third kappa shape index (κ3) is 3.54. The third-order valence-electron chi connectivity index (χ3n) is 3.87. The van der Waals surface area contributed by atoms with Gasteiger partial charge in [-0.2, -0.15) is 0 Å². The normalized spacial score (nSPS) is 17.0. The number of hydrogen-bond acceptors (Lipinski definition) is 4. The van der Waals surface area contributed by atoms with Crippen LogP contribution >= 0.6 is 0 Å². The molecular weight excluding hydrogens is 281 g/mol. The molecule has 0 N–H and O–H groups in total. The lowest BCUT2D eigenvalue weighted by atomic mass is 10.2. The number of hydrogen-bond donors (Lipinski definition) is 0. The van der Waals surface area contributed by atoms with Crippen molar-refractivity contribution in [2.45, 2.75) is 6.92 Å². The van der Waals surface area contributed by atoms with Crippen LogP contribution in [0.2, 0.25) is 0 Å². The fourth-order valence-corrected chi connectivity index (χ4v) is 2.79. The third-order valence-corrected chi connectivity index (χ3v) is 3.87. The van der Waals surface area contributed by atoms with Gasteiger partial charge in [-0.05, 0) is 31.2 Å². The second-order valence-electron chi connectivity index (χ2n) is 5.60. The van der Waals surface area contributed by atoms with Gasteiger partial charge in [0.25, 0.3) is 0 Å². The first-order chi connectivity index (χ1) is 10.7. The molecule has 1 aliphatic rings. The van der Waals surface area contributed by atoms with E-state index in [4.69, 9.17) is 4.42 Å². The fourth-order valence-electron chi connectivity index (χ4n) is 2.79. The highest BCUT2D eigenvalue weighted by Gasteiger charge is 2.19. The summed E-state index contributed by atoms with van der Waals surface area (Å²) in [6.45, 7) is 6.52. The van der Waals surface area contributed by atoms with Gasteiger partial charge in [0.1, 0.15) is 5.76 Å². The summed E-state index contributed by atoms with van der Waals surface area (Å²) in [6, 6.07) is 5.59. The largest absolute Gasteiger partial charge is 0.465 e. The molecule has 0 bridgehead atoms. The zero-order chi connectivity index (χ0) is 15.4. The summed E-state index contributed by atoms with van der Waals surface area (Å²) in [5.74, 6) is 0.639. The van der Waals surface area contributed by atoms with Crippen molar-refractivity contribution < 1.29 is 8.81 Å². The van der Waals surface area contributed by atoms with Gasteiger partial charge in [-0.1, -0.05) is 5.57 Å². The minimum absolute atomic E-state index is 0.246. The smallest absolute Gasteiger partial charge is 0.164 e. The molecule has 0 saturated carbocycles. The fraction of sp³-hybridized carbons (Fsp3) is 0.353. The highest BCUT2D eigenvalue weighted by molar-refractivity contribution is 5.48. The Morgan fingerprint density at radius 2 is 2.14 bits per heavy atom. The van der Waals surface area contributed by atoms with E-state index in [2.05, 4.69) is 27.8 Å². The van der Waals surface area contributed by atoms with Crippen molar-refractivity contribution in [3.05, 3.63) is 54.0 Å². The van der Waals surface area contributed by atoms with Gasteiger partial charge in [0, 0.05) is 38.9 Å². The number of nitrogens with zero attached hydrogens (tertiary/aromatic N) is 3. The Balaban J connectivity index is 1.55. The highest BCUT2D eigenvalue weighted by atomic mass is 19.1. The summed E-state index contributed by atoms with van der Waals surface area (Å²) in [7, 11) is 0. The molecule has 1 aliphatic heterocycles. The number of anilines is 1. The van der Waals surface area contributed by atoms with E-state index in [0.717, 1.165) is 38.5 Å². The van der Waals surface area contributed by atoms with Crippen molar-refractivity contribution in [3.8, 4) is 0 Å². The Bertz CT molecular complexity index is 631. The topological polar surface area (TPSA) is 32.5 Å². The van der Waals surface area contributed by atoms with Gasteiger partial charge < -0.3 is 9.32 Å². The van der Waals surface area contributed by atoms with Crippen molar-refractivity contribution in [2.75, 3.05) is 37.6 Å². The molecule has 0 aliphatic carbocycles. The van der Waals surface area contributed by atoms with Crippen molar-refractivity contribution in [3.63, 3.8) is 0 Å². The summed E-state index contributed by atoms with van der Waals surface area (Å²) in [6.07, 6.45) is 6.66. The highest BCUT2D eigenvalue weighted by Crippen LogP contribution is 2.19. The van der Waals surface area contributed by atoms with E-state index in [-0.39, 0.29) is 5.82 Å². The summed E-state index contributed by atoms with van der Waals surface area (Å²) >= 11 is 0. The lowest BCUT2D eigenvalue weighted by Crippen LogP contribution is -2.47. The molecule has 0 atom stereocenters. The Morgan fingerprint density at radius 3 is 2.82 bits per heavy atom. The SMILES string of the molecule is C/C(=C\c1ccco1)CN1CCN(c2ccncc2F)CC1. The Kier molecular flexibility index (Phi) is 4.53. The molecule has 3 rings (SSSR count). The molecular formula is C17H20FN3O. The lowest BCUT2D eigenvalue weighted by Gasteiger charge is -2.36. The second kappa shape index (κ2) is 6.75. The van der Waals surface area contributed by atoms with Crippen LogP contribution in [0.3, 0.4) is 0 Å². The Labute approximate surface area is 129 Å². The number of rotatable bonds is 4. The summed E-state index contributed by atoms with van der Waals surface area (Å²) in [4.78, 5) is 8.26. The van der Waals surface area contributed by atoms with Gasteiger partial charge in [0.15, 0.2) is 5.82 Å². The van der Waals surface area contributed by atoms with E-state index >= 15 is 0 Å². The van der Waals surface area contributed by atoms with Gasteiger partial charge >= 0.3 is 0 Å². The standard InChI is InChI=1S/C17H20FN3O/c1-14(11-15-3-2-10-22-15)13-20-6-8-21(9-7-20)17-4-5-19-12-16(17)18/h2-5,10-12H,6-9,13H2,1H3/b14-11+. The van der Waals surface area contributed by atoms with Crippen LogP contribution in [-0.4, -0.2) is 42.6 Å². The van der Waals surface area contributed by atoms with Crippen LogP contribution in [0.1, 0.15) is 12.7 Å². The molecule has 3 heterocycles. The quantitative estimate of drug-likeness (QED) is 0.869. The summed E-state index contributed by atoms with van der Waals surface area (Å²) in [5, 5.41) is 0. The number of furan rings is 1. The van der Waals surface area contributed by atoms with Crippen molar-refractivity contribution in [2.24, 2.45) is 0 Å². The number of piperazine rings is 1. The zero-order valence-corrected chi connectivity index (χ0v) is 12.7. The average molecular weight is 301 g/mol. The minimum Gasteiger partial charge on any atom is -0.465 e. The number of aromatic nitrogens is 1. The van der Waals surface area contributed by atoms with E-state index in [1.54, 1.807) is 18.5 Å². The van der Waals surface area contributed by atoms with Gasteiger partial charge in [-0.3, -0.25) is 9.88 Å². The second-order valence-corrected chi connectivity index (χ2v) is 5.60. The maximum absolute atomic E-state index is 13.8. The van der Waals surface area contributed by atoms with Crippen LogP contribution in [0.15, 0.2) is 46.8 Å². The Hall–Kier alpha value is -2.14. The Morgan fingerprint density at radius 1 is 1.32 bits per heavy atom. The number of pyridine rings is 1.